The van der Waals surface area contributed by atoms with Gasteiger partial charge in [0.05, 0.1) is 0 Å². The van der Waals surface area contributed by atoms with Crippen LogP contribution in [0.15, 0.2) is 190 Å². The first-order valence-electron chi connectivity index (χ1n) is 18.9. The Balaban J connectivity index is 0.968. The first-order valence-corrected chi connectivity index (χ1v) is 19.7. The molecule has 0 bridgehead atoms. The predicted molar refractivity (Wildman–Crippen MR) is 236 cm³/mol. The maximum atomic E-state index is 6.83. The van der Waals surface area contributed by atoms with Gasteiger partial charge in [0.2, 0.25) is 0 Å². The van der Waals surface area contributed by atoms with Gasteiger partial charge in [-0.05, 0) is 62.1 Å². The van der Waals surface area contributed by atoms with Crippen LogP contribution in [0.5, 0.6) is 0 Å². The highest BCUT2D eigenvalue weighted by molar-refractivity contribution is 7.25. The lowest BCUT2D eigenvalue weighted by atomic mass is 9.92. The summed E-state index contributed by atoms with van der Waals surface area (Å²) in [6, 6.07) is 62.7. The number of rotatable bonds is 4. The number of amidine groups is 2. The Morgan fingerprint density at radius 3 is 1.88 bits per heavy atom. The molecule has 1 aliphatic heterocycles. The number of fused-ring (bicyclic) bond motifs is 12. The van der Waals surface area contributed by atoms with E-state index in [9.17, 15) is 0 Å². The van der Waals surface area contributed by atoms with Crippen LogP contribution in [0, 0.1) is 0 Å². The van der Waals surface area contributed by atoms with Gasteiger partial charge in [-0.2, -0.15) is 0 Å². The Morgan fingerprint density at radius 2 is 1.07 bits per heavy atom. The fourth-order valence-corrected chi connectivity index (χ4v) is 9.79. The van der Waals surface area contributed by atoms with Crippen molar-refractivity contribution < 1.29 is 4.42 Å². The average Bonchev–Trinajstić information content (AvgIpc) is 3.84. The standard InChI is InChI=1S/C51H31N3OS/c1-2-11-30(12-3-1)49-52-50(54-51(53-49)33-23-26-42-41-17-8-9-20-46(41)56-47(42)29-33)32-22-25-40-43-19-10-18-34(48(43)55-45(40)28-32)31-21-24-39-37-15-5-4-13-35(37)36-14-6-7-16-38(36)44(39)27-31/h1-29,50H,(H,52,53,54). The molecule has 56 heavy (non-hydrogen) atoms. The van der Waals surface area contributed by atoms with Crippen LogP contribution >= 0.6 is 11.3 Å². The SMILES string of the molecule is c1ccc(C2=NC(c3ccc4c(c3)oc3c(-c5ccc6c7ccccc7c7ccccc7c6c5)cccc34)NC(c3ccc4c(c3)sc3ccccc34)=N2)cc1. The molecule has 0 aliphatic carbocycles. The van der Waals surface area contributed by atoms with Gasteiger partial charge in [0.1, 0.15) is 23.2 Å². The van der Waals surface area contributed by atoms with E-state index in [1.807, 2.05) is 29.5 Å². The Morgan fingerprint density at radius 1 is 0.446 bits per heavy atom. The molecule has 0 saturated heterocycles. The zero-order chi connectivity index (χ0) is 36.7. The molecule has 1 unspecified atom stereocenters. The molecule has 1 N–H and O–H groups in total. The van der Waals surface area contributed by atoms with E-state index >= 15 is 0 Å². The molecule has 11 aromatic rings. The third kappa shape index (κ3) is 4.84. The van der Waals surface area contributed by atoms with Crippen LogP contribution in [-0.4, -0.2) is 11.7 Å². The molecule has 262 valence electrons. The number of aliphatic imine (C=N–C) groups is 2. The molecular weight excluding hydrogens is 703 g/mol. The maximum absolute atomic E-state index is 6.83. The molecule has 0 amide bonds. The van der Waals surface area contributed by atoms with Crippen molar-refractivity contribution in [2.45, 2.75) is 6.17 Å². The molecule has 0 saturated carbocycles. The molecule has 1 aliphatic rings. The maximum Gasteiger partial charge on any atom is 0.159 e. The largest absolute Gasteiger partial charge is 0.455 e. The fraction of sp³-hybridized carbons (Fsp3) is 0.0196. The second-order valence-electron chi connectivity index (χ2n) is 14.5. The van der Waals surface area contributed by atoms with E-state index in [1.54, 1.807) is 0 Å². The zero-order valence-corrected chi connectivity index (χ0v) is 30.8. The van der Waals surface area contributed by atoms with E-state index in [1.165, 1.54) is 52.5 Å². The summed E-state index contributed by atoms with van der Waals surface area (Å²) in [7, 11) is 0. The lowest BCUT2D eigenvalue weighted by Crippen LogP contribution is -2.33. The van der Waals surface area contributed by atoms with Gasteiger partial charge in [0, 0.05) is 53.2 Å². The third-order valence-electron chi connectivity index (χ3n) is 11.3. The molecule has 4 nitrogen and oxygen atoms in total. The number of benzene rings is 9. The molecule has 12 rings (SSSR count). The van der Waals surface area contributed by atoms with Gasteiger partial charge in [-0.1, -0.05) is 152 Å². The molecule has 2 aromatic heterocycles. The second kappa shape index (κ2) is 12.2. The van der Waals surface area contributed by atoms with Crippen molar-refractivity contribution in [3.05, 3.63) is 193 Å². The van der Waals surface area contributed by atoms with Gasteiger partial charge in [-0.15, -0.1) is 11.3 Å². The molecule has 3 heterocycles. The predicted octanol–water partition coefficient (Wildman–Crippen LogP) is 13.6. The van der Waals surface area contributed by atoms with Gasteiger partial charge in [-0.3, -0.25) is 0 Å². The summed E-state index contributed by atoms with van der Waals surface area (Å²) in [6.07, 6.45) is -0.364. The van der Waals surface area contributed by atoms with Gasteiger partial charge in [0.25, 0.3) is 0 Å². The molecular formula is C51H31N3OS. The van der Waals surface area contributed by atoms with Crippen LogP contribution in [0.2, 0.25) is 0 Å². The van der Waals surface area contributed by atoms with E-state index in [4.69, 9.17) is 14.4 Å². The smallest absolute Gasteiger partial charge is 0.159 e. The van der Waals surface area contributed by atoms with Gasteiger partial charge < -0.3 is 9.73 Å². The minimum absolute atomic E-state index is 0.364. The summed E-state index contributed by atoms with van der Waals surface area (Å²) in [5, 5.41) is 16.0. The van der Waals surface area contributed by atoms with E-state index in [0.29, 0.717) is 5.84 Å². The first kappa shape index (κ1) is 31.3. The van der Waals surface area contributed by atoms with Crippen LogP contribution in [0.3, 0.4) is 0 Å². The number of nitrogens with one attached hydrogen (secondary N) is 1. The van der Waals surface area contributed by atoms with Crippen molar-refractivity contribution in [2.24, 2.45) is 9.98 Å². The van der Waals surface area contributed by atoms with E-state index in [2.05, 4.69) is 163 Å². The van der Waals surface area contributed by atoms with Crippen molar-refractivity contribution in [3.63, 3.8) is 0 Å². The summed E-state index contributed by atoms with van der Waals surface area (Å²) in [6.45, 7) is 0. The van der Waals surface area contributed by atoms with Gasteiger partial charge in [0.15, 0.2) is 5.84 Å². The van der Waals surface area contributed by atoms with Crippen LogP contribution in [0.4, 0.5) is 0 Å². The van der Waals surface area contributed by atoms with Crippen molar-refractivity contribution in [1.29, 1.82) is 0 Å². The quantitative estimate of drug-likeness (QED) is 0.183. The summed E-state index contributed by atoms with van der Waals surface area (Å²) < 4.78 is 9.36. The zero-order valence-electron chi connectivity index (χ0n) is 30.0. The molecule has 1 atom stereocenters. The highest BCUT2D eigenvalue weighted by atomic mass is 32.1. The number of hydrogen-bond acceptors (Lipinski definition) is 5. The van der Waals surface area contributed by atoms with E-state index in [-0.39, 0.29) is 6.17 Å². The van der Waals surface area contributed by atoms with Crippen molar-refractivity contribution in [2.75, 3.05) is 0 Å². The summed E-state index contributed by atoms with van der Waals surface area (Å²) >= 11 is 1.81. The average molecular weight is 734 g/mol. The second-order valence-corrected chi connectivity index (χ2v) is 15.6. The lowest BCUT2D eigenvalue weighted by molar-refractivity contribution is 0.655. The topological polar surface area (TPSA) is 49.9 Å². The highest BCUT2D eigenvalue weighted by Crippen LogP contribution is 2.41. The molecule has 9 aromatic carbocycles. The Hall–Kier alpha value is -7.08. The molecule has 0 radical (unpaired) electrons. The van der Waals surface area contributed by atoms with Gasteiger partial charge in [-0.25, -0.2) is 9.98 Å². The van der Waals surface area contributed by atoms with Crippen LogP contribution in [-0.2, 0) is 0 Å². The van der Waals surface area contributed by atoms with Crippen LogP contribution in [0.1, 0.15) is 22.9 Å². The third-order valence-corrected chi connectivity index (χ3v) is 12.5. The number of para-hydroxylation sites is 1. The van der Waals surface area contributed by atoms with Crippen molar-refractivity contribution >= 4 is 97.4 Å². The van der Waals surface area contributed by atoms with Gasteiger partial charge >= 0.3 is 0 Å². The summed E-state index contributed by atoms with van der Waals surface area (Å²) in [5.74, 6) is 1.50. The van der Waals surface area contributed by atoms with Crippen molar-refractivity contribution in [1.82, 2.24) is 5.32 Å². The number of hydrogen-bond donors (Lipinski definition) is 1. The Labute approximate surface area is 325 Å². The molecule has 0 spiro atoms. The monoisotopic (exact) mass is 733 g/mol. The number of furan rings is 1. The van der Waals surface area contributed by atoms with Crippen LogP contribution < -0.4 is 5.32 Å². The summed E-state index contributed by atoms with van der Waals surface area (Å²) in [4.78, 5) is 10.3. The van der Waals surface area contributed by atoms with E-state index < -0.39 is 0 Å². The number of thiophene rings is 1. The van der Waals surface area contributed by atoms with Crippen LogP contribution in [0.25, 0.3) is 85.6 Å². The Bertz CT molecular complexity index is 3430. The van der Waals surface area contributed by atoms with Crippen molar-refractivity contribution in [3.8, 4) is 11.1 Å². The first-order chi connectivity index (χ1) is 27.7. The molecule has 0 fully saturated rings. The fourth-order valence-electron chi connectivity index (χ4n) is 8.64. The van der Waals surface area contributed by atoms with E-state index in [0.717, 1.165) is 55.6 Å². The highest BCUT2D eigenvalue weighted by Gasteiger charge is 2.23. The minimum Gasteiger partial charge on any atom is -0.455 e. The lowest BCUT2D eigenvalue weighted by Gasteiger charge is -2.23. The summed E-state index contributed by atoms with van der Waals surface area (Å²) in [5.41, 5.74) is 6.93. The Kier molecular flexibility index (Phi) is 6.83. The normalized spacial score (nSPS) is 14.6. The number of nitrogens with zero attached hydrogens (tertiary/aromatic N) is 2. The molecule has 5 heteroatoms. The minimum atomic E-state index is -0.364.